The molecule has 3 nitrogen and oxygen atoms in total. The zero-order valence-electron chi connectivity index (χ0n) is 12.5. The minimum absolute atomic E-state index is 0.0849. The van der Waals surface area contributed by atoms with Crippen LogP contribution in [0.25, 0.3) is 0 Å². The van der Waals surface area contributed by atoms with Gasteiger partial charge in [0.15, 0.2) is 0 Å². The average Bonchev–Trinajstić information content (AvgIpc) is 2.90. The van der Waals surface area contributed by atoms with Gasteiger partial charge < -0.3 is 9.80 Å². The van der Waals surface area contributed by atoms with Gasteiger partial charge >= 0.3 is 0 Å². The fourth-order valence-corrected chi connectivity index (χ4v) is 2.92. The molecule has 1 aromatic carbocycles. The van der Waals surface area contributed by atoms with E-state index in [1.165, 1.54) is 12.8 Å². The summed E-state index contributed by atoms with van der Waals surface area (Å²) in [5, 5.41) is 0. The SMILES string of the molecule is CN(C(=O)c1ccc(Br)cc1)C(C)(C)CN1CCCC1. The maximum absolute atomic E-state index is 12.6. The van der Waals surface area contributed by atoms with Crippen molar-refractivity contribution in [3.05, 3.63) is 34.3 Å². The Morgan fingerprint density at radius 1 is 1.25 bits per heavy atom. The van der Waals surface area contributed by atoms with Crippen molar-refractivity contribution in [2.24, 2.45) is 0 Å². The molecule has 0 atom stereocenters. The number of benzene rings is 1. The molecule has 0 bridgehead atoms. The van der Waals surface area contributed by atoms with E-state index in [9.17, 15) is 4.79 Å². The van der Waals surface area contributed by atoms with Crippen molar-refractivity contribution in [3.63, 3.8) is 0 Å². The number of likely N-dealkylation sites (tertiary alicyclic amines) is 1. The summed E-state index contributed by atoms with van der Waals surface area (Å²) < 4.78 is 0.994. The van der Waals surface area contributed by atoms with E-state index in [-0.39, 0.29) is 11.4 Å². The topological polar surface area (TPSA) is 23.6 Å². The molecule has 2 rings (SSSR count). The Hall–Kier alpha value is -0.870. The molecule has 20 heavy (non-hydrogen) atoms. The Labute approximate surface area is 130 Å². The van der Waals surface area contributed by atoms with Gasteiger partial charge in [-0.3, -0.25) is 4.79 Å². The van der Waals surface area contributed by atoms with Gasteiger partial charge in [0.1, 0.15) is 0 Å². The summed E-state index contributed by atoms with van der Waals surface area (Å²) in [4.78, 5) is 16.9. The summed E-state index contributed by atoms with van der Waals surface area (Å²) in [5.41, 5.74) is 0.583. The molecule has 1 aromatic rings. The van der Waals surface area contributed by atoms with E-state index in [2.05, 4.69) is 34.7 Å². The molecule has 4 heteroatoms. The smallest absolute Gasteiger partial charge is 0.254 e. The molecule has 0 unspecified atom stereocenters. The molecule has 1 fully saturated rings. The van der Waals surface area contributed by atoms with Crippen LogP contribution in [0.5, 0.6) is 0 Å². The molecule has 1 aliphatic heterocycles. The number of nitrogens with zero attached hydrogens (tertiary/aromatic N) is 2. The number of carbonyl (C=O) groups excluding carboxylic acids is 1. The van der Waals surface area contributed by atoms with E-state index in [1.54, 1.807) is 0 Å². The van der Waals surface area contributed by atoms with Crippen LogP contribution in [0.4, 0.5) is 0 Å². The predicted octanol–water partition coefficient (Wildman–Crippen LogP) is 3.40. The summed E-state index contributed by atoms with van der Waals surface area (Å²) in [7, 11) is 1.90. The van der Waals surface area contributed by atoms with E-state index in [0.29, 0.717) is 0 Å². The summed E-state index contributed by atoms with van der Waals surface area (Å²) >= 11 is 3.40. The van der Waals surface area contributed by atoms with Gasteiger partial charge in [-0.2, -0.15) is 0 Å². The molecule has 1 heterocycles. The lowest BCUT2D eigenvalue weighted by Crippen LogP contribution is -2.51. The van der Waals surface area contributed by atoms with Crippen molar-refractivity contribution >= 4 is 21.8 Å². The van der Waals surface area contributed by atoms with Crippen LogP contribution in [-0.2, 0) is 0 Å². The first kappa shape index (κ1) is 15.5. The second-order valence-electron chi connectivity index (χ2n) is 6.17. The molecule has 0 N–H and O–H groups in total. The lowest BCUT2D eigenvalue weighted by atomic mass is 10.0. The number of likely N-dealkylation sites (N-methyl/N-ethyl adjacent to an activating group) is 1. The highest BCUT2D eigenvalue weighted by atomic mass is 79.9. The fourth-order valence-electron chi connectivity index (χ4n) is 2.66. The van der Waals surface area contributed by atoms with Crippen molar-refractivity contribution in [3.8, 4) is 0 Å². The molecule has 1 amide bonds. The largest absolute Gasteiger partial charge is 0.335 e. The zero-order valence-corrected chi connectivity index (χ0v) is 14.1. The molecular weight excluding hydrogens is 316 g/mol. The van der Waals surface area contributed by atoms with Crippen LogP contribution in [0, 0.1) is 0 Å². The van der Waals surface area contributed by atoms with Crippen molar-refractivity contribution in [1.29, 1.82) is 0 Å². The van der Waals surface area contributed by atoms with Crippen molar-refractivity contribution < 1.29 is 4.79 Å². The third kappa shape index (κ3) is 3.61. The van der Waals surface area contributed by atoms with Crippen molar-refractivity contribution in [2.45, 2.75) is 32.2 Å². The van der Waals surface area contributed by atoms with Gasteiger partial charge in [0.25, 0.3) is 5.91 Å². The average molecular weight is 339 g/mol. The van der Waals surface area contributed by atoms with Gasteiger partial charge in [-0.15, -0.1) is 0 Å². The monoisotopic (exact) mass is 338 g/mol. The third-order valence-corrected chi connectivity index (χ3v) is 4.64. The summed E-state index contributed by atoms with van der Waals surface area (Å²) in [5.74, 6) is 0.0849. The molecule has 1 saturated heterocycles. The van der Waals surface area contributed by atoms with Crippen LogP contribution >= 0.6 is 15.9 Å². The molecular formula is C16H23BrN2O. The van der Waals surface area contributed by atoms with E-state index < -0.39 is 0 Å². The van der Waals surface area contributed by atoms with Gasteiger partial charge in [0, 0.05) is 29.2 Å². The van der Waals surface area contributed by atoms with Gasteiger partial charge in [0.2, 0.25) is 0 Å². The Kier molecular flexibility index (Phi) is 4.86. The summed E-state index contributed by atoms with van der Waals surface area (Å²) in [6.07, 6.45) is 2.56. The van der Waals surface area contributed by atoms with Gasteiger partial charge in [-0.05, 0) is 64.0 Å². The second-order valence-corrected chi connectivity index (χ2v) is 7.08. The highest BCUT2D eigenvalue weighted by Gasteiger charge is 2.31. The second kappa shape index (κ2) is 6.27. The Morgan fingerprint density at radius 3 is 2.35 bits per heavy atom. The van der Waals surface area contributed by atoms with Crippen LogP contribution in [0.15, 0.2) is 28.7 Å². The minimum atomic E-state index is -0.158. The molecule has 1 aliphatic rings. The number of amides is 1. The first-order valence-corrected chi connectivity index (χ1v) is 7.95. The predicted molar refractivity (Wildman–Crippen MR) is 86.0 cm³/mol. The molecule has 0 spiro atoms. The van der Waals surface area contributed by atoms with E-state index in [0.717, 1.165) is 29.7 Å². The molecule has 0 aliphatic carbocycles. The lowest BCUT2D eigenvalue weighted by Gasteiger charge is -2.38. The Bertz CT molecular complexity index is 464. The van der Waals surface area contributed by atoms with Crippen molar-refractivity contribution in [1.82, 2.24) is 9.80 Å². The van der Waals surface area contributed by atoms with Crippen LogP contribution in [0.1, 0.15) is 37.0 Å². The standard InChI is InChI=1S/C16H23BrN2O/c1-16(2,12-19-10-4-5-11-19)18(3)15(20)13-6-8-14(17)9-7-13/h6-9H,4-5,10-12H2,1-3H3. The molecule has 0 saturated carbocycles. The van der Waals surface area contributed by atoms with Gasteiger partial charge in [-0.25, -0.2) is 0 Å². The van der Waals surface area contributed by atoms with Gasteiger partial charge in [0.05, 0.1) is 0 Å². The number of hydrogen-bond donors (Lipinski definition) is 0. The summed E-state index contributed by atoms with van der Waals surface area (Å²) in [6, 6.07) is 7.56. The maximum Gasteiger partial charge on any atom is 0.254 e. The van der Waals surface area contributed by atoms with Crippen LogP contribution in [-0.4, -0.2) is 47.9 Å². The highest BCUT2D eigenvalue weighted by molar-refractivity contribution is 9.10. The quantitative estimate of drug-likeness (QED) is 0.839. The number of halogens is 1. The Morgan fingerprint density at radius 2 is 1.80 bits per heavy atom. The van der Waals surface area contributed by atoms with Crippen LogP contribution < -0.4 is 0 Å². The maximum atomic E-state index is 12.6. The number of carbonyl (C=O) groups is 1. The van der Waals surface area contributed by atoms with E-state index >= 15 is 0 Å². The summed E-state index contributed by atoms with van der Waals surface area (Å²) in [6.45, 7) is 7.53. The molecule has 110 valence electrons. The third-order valence-electron chi connectivity index (χ3n) is 4.11. The number of hydrogen-bond acceptors (Lipinski definition) is 2. The highest BCUT2D eigenvalue weighted by Crippen LogP contribution is 2.21. The van der Waals surface area contributed by atoms with Crippen LogP contribution in [0.2, 0.25) is 0 Å². The minimum Gasteiger partial charge on any atom is -0.335 e. The normalized spacial score (nSPS) is 16.4. The molecule has 0 radical (unpaired) electrons. The van der Waals surface area contributed by atoms with E-state index in [4.69, 9.17) is 0 Å². The van der Waals surface area contributed by atoms with Gasteiger partial charge in [-0.1, -0.05) is 15.9 Å². The number of rotatable bonds is 4. The Balaban J connectivity index is 2.06. The first-order valence-electron chi connectivity index (χ1n) is 7.16. The van der Waals surface area contributed by atoms with Crippen LogP contribution in [0.3, 0.4) is 0 Å². The van der Waals surface area contributed by atoms with E-state index in [1.807, 2.05) is 36.2 Å². The lowest BCUT2D eigenvalue weighted by molar-refractivity contribution is 0.0555. The zero-order chi connectivity index (χ0) is 14.8. The fraction of sp³-hybridized carbons (Fsp3) is 0.562. The first-order chi connectivity index (χ1) is 9.40. The van der Waals surface area contributed by atoms with Crippen molar-refractivity contribution in [2.75, 3.05) is 26.7 Å². The molecule has 0 aromatic heterocycles.